The Morgan fingerprint density at radius 3 is 2.70 bits per heavy atom. The van der Waals surface area contributed by atoms with E-state index in [4.69, 9.17) is 4.42 Å². The molecular weight excluding hydrogens is 356 g/mol. The number of nitrogens with zero attached hydrogens (tertiary/aromatic N) is 2. The number of amides is 1. The van der Waals surface area contributed by atoms with Crippen molar-refractivity contribution in [1.82, 2.24) is 9.80 Å². The first-order valence-corrected chi connectivity index (χ1v) is 10.7. The predicted octanol–water partition coefficient (Wildman–Crippen LogP) is 3.98. The molecule has 0 radical (unpaired) electrons. The average Bonchev–Trinajstić information content (AvgIpc) is 3.28. The fourth-order valence-corrected chi connectivity index (χ4v) is 5.47. The lowest BCUT2D eigenvalue weighted by Gasteiger charge is -2.34. The lowest BCUT2D eigenvalue weighted by molar-refractivity contribution is -0.130. The highest BCUT2D eigenvalue weighted by atomic mass is 32.2. The Bertz CT molecular complexity index is 770. The maximum absolute atomic E-state index is 12.9. The van der Waals surface area contributed by atoms with Crippen molar-refractivity contribution in [3.8, 4) is 0 Å². The molecule has 0 N–H and O–H groups in total. The van der Waals surface area contributed by atoms with Gasteiger partial charge < -0.3 is 9.32 Å². The third kappa shape index (κ3) is 4.41. The zero-order valence-electron chi connectivity index (χ0n) is 16.2. The predicted molar refractivity (Wildman–Crippen MR) is 109 cm³/mol. The molecule has 3 heterocycles. The topological polar surface area (TPSA) is 36.7 Å². The van der Waals surface area contributed by atoms with E-state index in [1.807, 2.05) is 24.9 Å². The number of benzene rings is 1. The van der Waals surface area contributed by atoms with Crippen LogP contribution in [0, 0.1) is 12.8 Å². The number of aryl methyl sites for hydroxylation is 1. The van der Waals surface area contributed by atoms with E-state index < -0.39 is 0 Å². The van der Waals surface area contributed by atoms with E-state index in [0.29, 0.717) is 5.92 Å². The summed E-state index contributed by atoms with van der Waals surface area (Å²) >= 11 is 1.73. The third-order valence-electron chi connectivity index (χ3n) is 5.71. The number of piperidine rings is 1. The molecular formula is C22H28N2O2S. The minimum Gasteiger partial charge on any atom is -0.465 e. The Hall–Kier alpha value is -1.72. The van der Waals surface area contributed by atoms with Crippen LogP contribution in [0.15, 0.2) is 45.7 Å². The fraction of sp³-hybridized carbons (Fsp3) is 0.500. The van der Waals surface area contributed by atoms with Crippen LogP contribution in [-0.4, -0.2) is 47.6 Å². The number of furan rings is 1. The molecule has 1 atom stereocenters. The Kier molecular flexibility index (Phi) is 5.60. The molecule has 2 aliphatic heterocycles. The molecule has 1 aromatic heterocycles. The van der Waals surface area contributed by atoms with Gasteiger partial charge in [-0.1, -0.05) is 18.2 Å². The summed E-state index contributed by atoms with van der Waals surface area (Å²) in [6.45, 7) is 5.92. The van der Waals surface area contributed by atoms with Crippen LogP contribution >= 0.6 is 11.8 Å². The summed E-state index contributed by atoms with van der Waals surface area (Å²) in [4.78, 5) is 18.6. The Balaban J connectivity index is 1.23. The maximum Gasteiger partial charge on any atom is 0.236 e. The number of fused-ring (bicyclic) bond motifs is 1. The molecule has 2 aliphatic rings. The monoisotopic (exact) mass is 384 g/mol. The molecule has 4 rings (SSSR count). The van der Waals surface area contributed by atoms with Crippen LogP contribution in [0.4, 0.5) is 0 Å². The molecule has 1 fully saturated rings. The van der Waals surface area contributed by atoms with Gasteiger partial charge in [-0.3, -0.25) is 9.69 Å². The first-order chi connectivity index (χ1) is 13.1. The van der Waals surface area contributed by atoms with Gasteiger partial charge in [-0.15, -0.1) is 11.8 Å². The molecule has 0 unspecified atom stereocenters. The molecule has 0 saturated carbocycles. The second-order valence-electron chi connectivity index (χ2n) is 7.87. The quantitative estimate of drug-likeness (QED) is 0.781. The number of carbonyl (C=O) groups is 1. The fourth-order valence-electron chi connectivity index (χ4n) is 4.16. The number of rotatable bonds is 5. The van der Waals surface area contributed by atoms with E-state index in [0.717, 1.165) is 57.0 Å². The highest BCUT2D eigenvalue weighted by Gasteiger charge is 2.31. The van der Waals surface area contributed by atoms with Crippen LogP contribution in [0.5, 0.6) is 0 Å². The Morgan fingerprint density at radius 2 is 2.00 bits per heavy atom. The van der Waals surface area contributed by atoms with Crippen molar-refractivity contribution in [2.75, 3.05) is 26.7 Å². The first-order valence-electron chi connectivity index (χ1n) is 9.85. The molecule has 144 valence electrons. The van der Waals surface area contributed by atoms with E-state index in [1.165, 1.54) is 10.5 Å². The summed E-state index contributed by atoms with van der Waals surface area (Å²) in [7, 11) is 1.98. The van der Waals surface area contributed by atoms with Crippen molar-refractivity contribution in [3.63, 3.8) is 0 Å². The third-order valence-corrected chi connectivity index (χ3v) is 7.02. The number of thioether (sulfide) groups is 1. The van der Waals surface area contributed by atoms with E-state index in [9.17, 15) is 4.79 Å². The molecule has 0 aliphatic carbocycles. The highest BCUT2D eigenvalue weighted by Crippen LogP contribution is 2.37. The van der Waals surface area contributed by atoms with Gasteiger partial charge >= 0.3 is 0 Å². The van der Waals surface area contributed by atoms with Gasteiger partial charge in [0.15, 0.2) is 0 Å². The molecule has 0 bridgehead atoms. The van der Waals surface area contributed by atoms with Crippen LogP contribution in [0.2, 0.25) is 0 Å². The molecule has 1 aromatic carbocycles. The largest absolute Gasteiger partial charge is 0.465 e. The van der Waals surface area contributed by atoms with Gasteiger partial charge in [-0.25, -0.2) is 0 Å². The Labute approximate surface area is 165 Å². The SMILES string of the molecule is Cc1ccc(CN2CCC(CN(C)C(=O)[C@@H]3Cc4ccccc4S3)CC2)o1. The molecule has 1 amide bonds. The first kappa shape index (κ1) is 18.6. The lowest BCUT2D eigenvalue weighted by atomic mass is 9.96. The summed E-state index contributed by atoms with van der Waals surface area (Å²) < 4.78 is 5.70. The number of carbonyl (C=O) groups excluding carboxylic acids is 1. The molecule has 1 saturated heterocycles. The Morgan fingerprint density at radius 1 is 1.22 bits per heavy atom. The van der Waals surface area contributed by atoms with Crippen LogP contribution in [0.1, 0.15) is 29.9 Å². The van der Waals surface area contributed by atoms with Crippen LogP contribution in [0.25, 0.3) is 0 Å². The van der Waals surface area contributed by atoms with Gasteiger partial charge in [-0.05, 0) is 69.0 Å². The van der Waals surface area contributed by atoms with Crippen LogP contribution < -0.4 is 0 Å². The molecule has 27 heavy (non-hydrogen) atoms. The van der Waals surface area contributed by atoms with Gasteiger partial charge in [0.2, 0.25) is 5.91 Å². The van der Waals surface area contributed by atoms with Crippen LogP contribution in [-0.2, 0) is 17.8 Å². The normalized spacial score (nSPS) is 20.6. The smallest absolute Gasteiger partial charge is 0.236 e. The highest BCUT2D eigenvalue weighted by molar-refractivity contribution is 8.01. The minimum absolute atomic E-state index is 0.0506. The number of hydrogen-bond acceptors (Lipinski definition) is 4. The molecule has 2 aromatic rings. The maximum atomic E-state index is 12.9. The second kappa shape index (κ2) is 8.11. The van der Waals surface area contributed by atoms with Crippen molar-refractivity contribution in [1.29, 1.82) is 0 Å². The van der Waals surface area contributed by atoms with Crippen LogP contribution in [0.3, 0.4) is 0 Å². The molecule has 4 nitrogen and oxygen atoms in total. The van der Waals surface area contributed by atoms with Gasteiger partial charge in [0.05, 0.1) is 11.8 Å². The summed E-state index contributed by atoms with van der Waals surface area (Å²) in [6, 6.07) is 12.5. The van der Waals surface area contributed by atoms with Crippen molar-refractivity contribution in [3.05, 3.63) is 53.5 Å². The van der Waals surface area contributed by atoms with E-state index in [-0.39, 0.29) is 11.2 Å². The summed E-state index contributed by atoms with van der Waals surface area (Å²) in [5.41, 5.74) is 1.32. The zero-order valence-corrected chi connectivity index (χ0v) is 17.0. The van der Waals surface area contributed by atoms with Crippen molar-refractivity contribution < 1.29 is 9.21 Å². The van der Waals surface area contributed by atoms with Crippen molar-refractivity contribution in [2.45, 2.75) is 42.9 Å². The zero-order chi connectivity index (χ0) is 18.8. The van der Waals surface area contributed by atoms with Gasteiger partial charge in [0, 0.05) is 18.5 Å². The number of hydrogen-bond donors (Lipinski definition) is 0. The summed E-state index contributed by atoms with van der Waals surface area (Å²) in [5.74, 6) is 2.91. The standard InChI is InChI=1S/C22H28N2O2S/c1-16-7-8-19(26-16)15-24-11-9-17(10-12-24)14-23(2)22(25)21-13-18-5-3-4-6-20(18)27-21/h3-8,17,21H,9-15H2,1-2H3/t21-/m0/s1. The minimum atomic E-state index is 0.0506. The van der Waals surface area contributed by atoms with Crippen molar-refractivity contribution >= 4 is 17.7 Å². The lowest BCUT2D eigenvalue weighted by Crippen LogP contribution is -2.41. The van der Waals surface area contributed by atoms with E-state index in [1.54, 1.807) is 11.8 Å². The number of likely N-dealkylation sites (tertiary alicyclic amines) is 1. The molecule has 0 spiro atoms. The van der Waals surface area contributed by atoms with E-state index >= 15 is 0 Å². The average molecular weight is 385 g/mol. The second-order valence-corrected chi connectivity index (χ2v) is 9.11. The summed E-state index contributed by atoms with van der Waals surface area (Å²) in [5, 5.41) is 0.0506. The van der Waals surface area contributed by atoms with Crippen molar-refractivity contribution in [2.24, 2.45) is 5.92 Å². The van der Waals surface area contributed by atoms with Gasteiger partial charge in [0.25, 0.3) is 0 Å². The molecule has 5 heteroatoms. The van der Waals surface area contributed by atoms with Gasteiger partial charge in [0.1, 0.15) is 11.5 Å². The van der Waals surface area contributed by atoms with Gasteiger partial charge in [-0.2, -0.15) is 0 Å². The van der Waals surface area contributed by atoms with E-state index in [2.05, 4.69) is 35.2 Å². The summed E-state index contributed by atoms with van der Waals surface area (Å²) in [6.07, 6.45) is 3.16.